The molecular weight excluding hydrogens is 534 g/mol. The van der Waals surface area contributed by atoms with E-state index < -0.39 is 5.79 Å². The fourth-order valence-electron chi connectivity index (χ4n) is 4.45. The number of aliphatic imine (C=N–C) groups is 1. The molecule has 6 rings (SSSR count). The minimum absolute atomic E-state index is 0.640. The van der Waals surface area contributed by atoms with Crippen molar-refractivity contribution in [1.82, 2.24) is 0 Å². The number of hydrogen-bond donors (Lipinski definition) is 0. The molecule has 0 amide bonds. The first-order valence-electron chi connectivity index (χ1n) is 11.6. The van der Waals surface area contributed by atoms with E-state index in [9.17, 15) is 0 Å². The van der Waals surface area contributed by atoms with Gasteiger partial charge in [-0.1, -0.05) is 84.4 Å². The quantitative estimate of drug-likeness (QED) is 0.207. The molecule has 0 saturated heterocycles. The van der Waals surface area contributed by atoms with Crippen molar-refractivity contribution in [1.29, 1.82) is 0 Å². The van der Waals surface area contributed by atoms with Crippen LogP contribution in [0.3, 0.4) is 0 Å². The maximum Gasteiger partial charge on any atom is 0.275 e. The molecule has 5 heteroatoms. The van der Waals surface area contributed by atoms with Gasteiger partial charge in [0.15, 0.2) is 11.5 Å². The third-order valence-electron chi connectivity index (χ3n) is 6.25. The number of fused-ring (bicyclic) bond motifs is 2. The van der Waals surface area contributed by atoms with E-state index in [1.165, 1.54) is 0 Å². The molecule has 1 aliphatic heterocycles. The second-order valence-corrected chi connectivity index (χ2v) is 10.1. The molecule has 1 aliphatic rings. The first-order valence-corrected chi connectivity index (χ1v) is 12.8. The lowest BCUT2D eigenvalue weighted by atomic mass is 10.0. The first-order chi connectivity index (χ1) is 17.5. The zero-order chi connectivity index (χ0) is 24.7. The molecular formula is C31H21BrClNO2. The largest absolute Gasteiger partial charge is 0.445 e. The zero-order valence-corrected chi connectivity index (χ0v) is 21.8. The Morgan fingerprint density at radius 2 is 1.31 bits per heavy atom. The van der Waals surface area contributed by atoms with Gasteiger partial charge in [-0.2, -0.15) is 0 Å². The van der Waals surface area contributed by atoms with Gasteiger partial charge in [-0.3, -0.25) is 0 Å². The van der Waals surface area contributed by atoms with Crippen LogP contribution >= 0.6 is 27.5 Å². The van der Waals surface area contributed by atoms with Crippen molar-refractivity contribution >= 4 is 49.7 Å². The van der Waals surface area contributed by atoms with Crippen LogP contribution in [0.15, 0.2) is 119 Å². The molecule has 0 saturated carbocycles. The van der Waals surface area contributed by atoms with E-state index >= 15 is 0 Å². The molecule has 5 aromatic rings. The number of nitrogens with zero attached hydrogens (tertiary/aromatic N) is 1. The maximum atomic E-state index is 6.31. The van der Waals surface area contributed by atoms with Gasteiger partial charge in [0.1, 0.15) is 0 Å². The van der Waals surface area contributed by atoms with Gasteiger partial charge in [0, 0.05) is 33.1 Å². The second kappa shape index (κ2) is 9.12. The normalized spacial score (nSPS) is 16.2. The second-order valence-electron chi connectivity index (χ2n) is 8.80. The lowest BCUT2D eigenvalue weighted by molar-refractivity contribution is -0.0679. The van der Waals surface area contributed by atoms with Gasteiger partial charge in [-0.05, 0) is 63.1 Å². The van der Waals surface area contributed by atoms with Crippen LogP contribution in [0.4, 0.5) is 5.69 Å². The summed E-state index contributed by atoms with van der Waals surface area (Å²) in [5.74, 6) is 0.437. The predicted octanol–water partition coefficient (Wildman–Crippen LogP) is 9.07. The third kappa shape index (κ3) is 4.27. The van der Waals surface area contributed by atoms with Crippen molar-refractivity contribution in [2.24, 2.45) is 4.99 Å². The van der Waals surface area contributed by atoms with Gasteiger partial charge in [0.05, 0.1) is 11.4 Å². The molecule has 0 aliphatic carbocycles. The lowest BCUT2D eigenvalue weighted by Crippen LogP contribution is -2.31. The number of halogens is 2. The number of rotatable bonds is 4. The number of hydrogen-bond acceptors (Lipinski definition) is 3. The fourth-order valence-corrected chi connectivity index (χ4v) is 5.09. The molecule has 1 unspecified atom stereocenters. The summed E-state index contributed by atoms with van der Waals surface area (Å²) in [6.45, 7) is 1.90. The Bertz CT molecular complexity index is 1580. The number of benzene rings is 5. The highest BCUT2D eigenvalue weighted by molar-refractivity contribution is 9.10. The van der Waals surface area contributed by atoms with Crippen LogP contribution in [0.25, 0.3) is 10.8 Å². The Morgan fingerprint density at radius 3 is 1.89 bits per heavy atom. The Balaban J connectivity index is 1.44. The van der Waals surface area contributed by atoms with Gasteiger partial charge >= 0.3 is 0 Å². The van der Waals surface area contributed by atoms with Gasteiger partial charge in [0.2, 0.25) is 0 Å². The minimum atomic E-state index is -0.948. The molecule has 0 bridgehead atoms. The highest BCUT2D eigenvalue weighted by Crippen LogP contribution is 2.47. The summed E-state index contributed by atoms with van der Waals surface area (Å²) in [5.41, 5.74) is 4.71. The molecule has 3 nitrogen and oxygen atoms in total. The van der Waals surface area contributed by atoms with Gasteiger partial charge in [-0.25, -0.2) is 4.99 Å². The predicted molar refractivity (Wildman–Crippen MR) is 150 cm³/mol. The van der Waals surface area contributed by atoms with Gasteiger partial charge in [-0.15, -0.1) is 0 Å². The van der Waals surface area contributed by atoms with Crippen molar-refractivity contribution in [3.63, 3.8) is 0 Å². The van der Waals surface area contributed by atoms with Crippen LogP contribution in [-0.4, -0.2) is 5.71 Å². The van der Waals surface area contributed by atoms with Crippen molar-refractivity contribution < 1.29 is 9.47 Å². The van der Waals surface area contributed by atoms with Crippen LogP contribution in [0.1, 0.15) is 23.6 Å². The maximum absolute atomic E-state index is 6.31. The summed E-state index contributed by atoms with van der Waals surface area (Å²) in [7, 11) is 0. The van der Waals surface area contributed by atoms with Gasteiger partial charge < -0.3 is 9.47 Å². The van der Waals surface area contributed by atoms with Crippen LogP contribution < -0.4 is 9.47 Å². The summed E-state index contributed by atoms with van der Waals surface area (Å²) in [6.07, 6.45) is 0. The highest BCUT2D eigenvalue weighted by Gasteiger charge is 2.39. The molecule has 0 N–H and O–H groups in total. The van der Waals surface area contributed by atoms with E-state index in [4.69, 9.17) is 26.1 Å². The van der Waals surface area contributed by atoms with Crippen LogP contribution in [0.5, 0.6) is 11.5 Å². The number of ether oxygens (including phenoxy) is 2. The third-order valence-corrected chi connectivity index (χ3v) is 7.12. The Hall–Kier alpha value is -3.60. The van der Waals surface area contributed by atoms with E-state index in [1.807, 2.05) is 79.7 Å². The average molecular weight is 555 g/mol. The van der Waals surface area contributed by atoms with Crippen molar-refractivity contribution in [2.75, 3.05) is 0 Å². The zero-order valence-electron chi connectivity index (χ0n) is 19.4. The molecule has 5 aromatic carbocycles. The molecule has 0 fully saturated rings. The summed E-state index contributed by atoms with van der Waals surface area (Å²) in [6, 6.07) is 36.2. The molecule has 1 atom stereocenters. The SMILES string of the molecule is CC1(c2cccc(Cl)c2)Oc2cc3cc(Br)c(N=C(c4ccccc4)c4ccccc4)cc3cc2O1. The highest BCUT2D eigenvalue weighted by atomic mass is 79.9. The molecule has 176 valence electrons. The molecule has 1 heterocycles. The van der Waals surface area contributed by atoms with E-state index in [-0.39, 0.29) is 0 Å². The topological polar surface area (TPSA) is 30.8 Å². The van der Waals surface area contributed by atoms with E-state index in [0.717, 1.165) is 43.3 Å². The first kappa shape index (κ1) is 22.8. The Labute approximate surface area is 223 Å². The Morgan fingerprint density at radius 1 is 0.722 bits per heavy atom. The molecule has 0 spiro atoms. The van der Waals surface area contributed by atoms with Crippen molar-refractivity contribution in [3.05, 3.63) is 135 Å². The monoisotopic (exact) mass is 553 g/mol. The van der Waals surface area contributed by atoms with E-state index in [1.54, 1.807) is 0 Å². The lowest BCUT2D eigenvalue weighted by Gasteiger charge is -2.23. The van der Waals surface area contributed by atoms with Crippen LogP contribution in [0, 0.1) is 0 Å². The molecule has 36 heavy (non-hydrogen) atoms. The summed E-state index contributed by atoms with van der Waals surface area (Å²) in [5, 5.41) is 2.68. The van der Waals surface area contributed by atoms with Crippen LogP contribution in [0.2, 0.25) is 5.02 Å². The van der Waals surface area contributed by atoms with Crippen molar-refractivity contribution in [3.8, 4) is 11.5 Å². The van der Waals surface area contributed by atoms with E-state index in [0.29, 0.717) is 16.5 Å². The standard InChI is InChI=1S/C31H21BrClNO2/c1-31(24-13-8-14-25(33)19-24)35-28-17-22-15-26(32)27(16-23(22)18-29(28)36-31)34-30(20-9-4-2-5-10-20)21-11-6-3-7-12-21/h2-19H,1H3. The smallest absolute Gasteiger partial charge is 0.275 e. The van der Waals surface area contributed by atoms with E-state index in [2.05, 4.69) is 52.3 Å². The summed E-state index contributed by atoms with van der Waals surface area (Å²) >= 11 is 9.96. The average Bonchev–Trinajstić information content (AvgIpc) is 3.23. The van der Waals surface area contributed by atoms with Crippen LogP contribution in [-0.2, 0) is 5.79 Å². The van der Waals surface area contributed by atoms with Gasteiger partial charge in [0.25, 0.3) is 5.79 Å². The molecule has 0 aromatic heterocycles. The Kier molecular flexibility index (Phi) is 5.79. The van der Waals surface area contributed by atoms with Crippen molar-refractivity contribution in [2.45, 2.75) is 12.7 Å². The summed E-state index contributed by atoms with van der Waals surface area (Å²) in [4.78, 5) is 5.11. The fraction of sp³-hybridized carbons (Fsp3) is 0.0645. The summed E-state index contributed by atoms with van der Waals surface area (Å²) < 4.78 is 13.5. The molecule has 0 radical (unpaired) electrons. The minimum Gasteiger partial charge on any atom is -0.445 e.